The van der Waals surface area contributed by atoms with Crippen molar-refractivity contribution in [1.29, 1.82) is 0 Å². The number of hydrogen-bond acceptors (Lipinski definition) is 5. The molecule has 0 radical (unpaired) electrons. The number of nitrogens with one attached hydrogen (secondary N) is 2. The zero-order valence-electron chi connectivity index (χ0n) is 14.9. The monoisotopic (exact) mass is 378 g/mol. The summed E-state index contributed by atoms with van der Waals surface area (Å²) in [7, 11) is -1.85. The lowest BCUT2D eigenvalue weighted by atomic mass is 10.1. The minimum atomic E-state index is -3.41. The van der Waals surface area contributed by atoms with E-state index in [9.17, 15) is 13.2 Å². The topological polar surface area (TPSA) is 93.7 Å². The number of carbonyl (C=O) groups is 1. The lowest BCUT2D eigenvalue weighted by molar-refractivity contribution is 0.0947. The Hall–Kier alpha value is -2.74. The molecule has 0 aliphatic heterocycles. The number of rotatable bonds is 8. The standard InChI is InChI=1S/C18H22N2O5S/c1-13-8-9-14(12-15(13)20-26(3,22)23)18(21)19-10-11-25-17-7-5-4-6-16(17)24-2/h4-9,12,20H,10-11H2,1-3H3,(H,19,21). The first kappa shape index (κ1) is 19.6. The molecule has 2 N–H and O–H groups in total. The van der Waals surface area contributed by atoms with E-state index in [2.05, 4.69) is 10.0 Å². The average molecular weight is 378 g/mol. The molecule has 0 heterocycles. The van der Waals surface area contributed by atoms with Gasteiger partial charge in [-0.05, 0) is 36.8 Å². The van der Waals surface area contributed by atoms with Crippen LogP contribution in [0.3, 0.4) is 0 Å². The summed E-state index contributed by atoms with van der Waals surface area (Å²) in [6.07, 6.45) is 1.06. The summed E-state index contributed by atoms with van der Waals surface area (Å²) in [4.78, 5) is 12.2. The molecule has 0 spiro atoms. The van der Waals surface area contributed by atoms with Crippen molar-refractivity contribution in [3.8, 4) is 11.5 Å². The molecule has 0 saturated carbocycles. The number of carbonyl (C=O) groups excluding carboxylic acids is 1. The Morgan fingerprint density at radius 1 is 1.12 bits per heavy atom. The lowest BCUT2D eigenvalue weighted by Gasteiger charge is -2.12. The van der Waals surface area contributed by atoms with Gasteiger partial charge in [-0.3, -0.25) is 9.52 Å². The largest absolute Gasteiger partial charge is 0.493 e. The number of anilines is 1. The molecule has 1 amide bonds. The highest BCUT2D eigenvalue weighted by Crippen LogP contribution is 2.25. The molecule has 8 heteroatoms. The van der Waals surface area contributed by atoms with Gasteiger partial charge < -0.3 is 14.8 Å². The molecular formula is C18H22N2O5S. The Balaban J connectivity index is 1.93. The molecule has 0 bridgehead atoms. The van der Waals surface area contributed by atoms with Crippen molar-refractivity contribution in [2.24, 2.45) is 0 Å². The third-order valence-electron chi connectivity index (χ3n) is 3.51. The minimum absolute atomic E-state index is 0.270. The summed E-state index contributed by atoms with van der Waals surface area (Å²) in [5, 5.41) is 2.73. The Morgan fingerprint density at radius 3 is 2.46 bits per heavy atom. The van der Waals surface area contributed by atoms with E-state index in [4.69, 9.17) is 9.47 Å². The van der Waals surface area contributed by atoms with Crippen molar-refractivity contribution >= 4 is 21.6 Å². The van der Waals surface area contributed by atoms with Gasteiger partial charge >= 0.3 is 0 Å². The maximum atomic E-state index is 12.2. The zero-order chi connectivity index (χ0) is 19.2. The summed E-state index contributed by atoms with van der Waals surface area (Å²) in [5.74, 6) is 0.901. The fraction of sp³-hybridized carbons (Fsp3) is 0.278. The molecule has 7 nitrogen and oxygen atoms in total. The normalized spacial score (nSPS) is 10.9. The van der Waals surface area contributed by atoms with Crippen molar-refractivity contribution in [3.63, 3.8) is 0 Å². The summed E-state index contributed by atoms with van der Waals surface area (Å²) in [6, 6.07) is 12.1. The fourth-order valence-corrected chi connectivity index (χ4v) is 2.86. The number of para-hydroxylation sites is 2. The number of amides is 1. The number of benzene rings is 2. The third kappa shape index (κ3) is 5.66. The zero-order valence-corrected chi connectivity index (χ0v) is 15.7. The van der Waals surface area contributed by atoms with Crippen LogP contribution in [0.5, 0.6) is 11.5 Å². The highest BCUT2D eigenvalue weighted by Gasteiger charge is 2.11. The minimum Gasteiger partial charge on any atom is -0.493 e. The van der Waals surface area contributed by atoms with Gasteiger partial charge in [0.15, 0.2) is 11.5 Å². The van der Waals surface area contributed by atoms with Crippen LogP contribution in [0.2, 0.25) is 0 Å². The second-order valence-corrected chi connectivity index (χ2v) is 7.41. The van der Waals surface area contributed by atoms with Gasteiger partial charge in [0.1, 0.15) is 6.61 Å². The van der Waals surface area contributed by atoms with Crippen LogP contribution in [-0.2, 0) is 10.0 Å². The molecule has 0 atom stereocenters. The highest BCUT2D eigenvalue weighted by atomic mass is 32.2. The number of aryl methyl sites for hydroxylation is 1. The van der Waals surface area contributed by atoms with Crippen LogP contribution >= 0.6 is 0 Å². The average Bonchev–Trinajstić information content (AvgIpc) is 2.59. The smallest absolute Gasteiger partial charge is 0.251 e. The molecule has 0 fully saturated rings. The molecule has 2 aromatic carbocycles. The van der Waals surface area contributed by atoms with Gasteiger partial charge in [0.05, 0.1) is 25.6 Å². The predicted octanol–water partition coefficient (Wildman–Crippen LogP) is 2.18. The van der Waals surface area contributed by atoms with Gasteiger partial charge in [-0.25, -0.2) is 8.42 Å². The Bertz CT molecular complexity index is 881. The van der Waals surface area contributed by atoms with Crippen LogP contribution in [0.15, 0.2) is 42.5 Å². The summed E-state index contributed by atoms with van der Waals surface area (Å²) >= 11 is 0. The van der Waals surface area contributed by atoms with Crippen LogP contribution in [-0.4, -0.2) is 40.8 Å². The number of ether oxygens (including phenoxy) is 2. The molecule has 2 aromatic rings. The van der Waals surface area contributed by atoms with E-state index in [1.165, 1.54) is 6.07 Å². The highest BCUT2D eigenvalue weighted by molar-refractivity contribution is 7.92. The maximum absolute atomic E-state index is 12.2. The maximum Gasteiger partial charge on any atom is 0.251 e. The van der Waals surface area contributed by atoms with Crippen molar-refractivity contribution in [1.82, 2.24) is 5.32 Å². The Kier molecular flexibility index (Phi) is 6.46. The first-order valence-electron chi connectivity index (χ1n) is 7.92. The molecular weight excluding hydrogens is 356 g/mol. The van der Waals surface area contributed by atoms with Gasteiger partial charge in [0, 0.05) is 5.56 Å². The van der Waals surface area contributed by atoms with Gasteiger partial charge in [0.2, 0.25) is 10.0 Å². The third-order valence-corrected chi connectivity index (χ3v) is 4.10. The van der Waals surface area contributed by atoms with E-state index in [1.807, 2.05) is 12.1 Å². The van der Waals surface area contributed by atoms with E-state index >= 15 is 0 Å². The first-order valence-corrected chi connectivity index (χ1v) is 9.82. The Labute approximate surface area is 153 Å². The van der Waals surface area contributed by atoms with Gasteiger partial charge in [-0.1, -0.05) is 18.2 Å². The predicted molar refractivity (Wildman–Crippen MR) is 100 cm³/mol. The molecule has 26 heavy (non-hydrogen) atoms. The van der Waals surface area contributed by atoms with E-state index in [0.29, 0.717) is 29.3 Å². The molecule has 0 aliphatic carbocycles. The van der Waals surface area contributed by atoms with Crippen molar-refractivity contribution in [2.45, 2.75) is 6.92 Å². The van der Waals surface area contributed by atoms with Gasteiger partial charge in [-0.2, -0.15) is 0 Å². The molecule has 2 rings (SSSR count). The van der Waals surface area contributed by atoms with Crippen LogP contribution < -0.4 is 19.5 Å². The van der Waals surface area contributed by atoms with Gasteiger partial charge in [0.25, 0.3) is 5.91 Å². The molecule has 0 unspecified atom stereocenters. The van der Waals surface area contributed by atoms with Crippen LogP contribution in [0.1, 0.15) is 15.9 Å². The van der Waals surface area contributed by atoms with E-state index < -0.39 is 10.0 Å². The molecule has 0 aromatic heterocycles. The van der Waals surface area contributed by atoms with E-state index in [-0.39, 0.29) is 12.5 Å². The number of sulfonamides is 1. The molecule has 0 saturated heterocycles. The number of methoxy groups -OCH3 is 1. The van der Waals surface area contributed by atoms with E-state index in [0.717, 1.165) is 11.8 Å². The lowest BCUT2D eigenvalue weighted by Crippen LogP contribution is -2.28. The summed E-state index contributed by atoms with van der Waals surface area (Å²) in [5.41, 5.74) is 1.47. The van der Waals surface area contributed by atoms with Gasteiger partial charge in [-0.15, -0.1) is 0 Å². The van der Waals surface area contributed by atoms with Crippen LogP contribution in [0, 0.1) is 6.92 Å². The van der Waals surface area contributed by atoms with Crippen molar-refractivity contribution < 1.29 is 22.7 Å². The quantitative estimate of drug-likeness (QED) is 0.687. The molecule has 140 valence electrons. The second kappa shape index (κ2) is 8.57. The number of hydrogen-bond donors (Lipinski definition) is 2. The van der Waals surface area contributed by atoms with Crippen LogP contribution in [0.4, 0.5) is 5.69 Å². The van der Waals surface area contributed by atoms with Crippen LogP contribution in [0.25, 0.3) is 0 Å². The second-order valence-electron chi connectivity index (χ2n) is 5.66. The summed E-state index contributed by atoms with van der Waals surface area (Å²) in [6.45, 7) is 2.32. The fourth-order valence-electron chi connectivity index (χ4n) is 2.24. The Morgan fingerprint density at radius 2 is 1.81 bits per heavy atom. The summed E-state index contributed by atoms with van der Waals surface area (Å²) < 4.78 is 36.0. The van der Waals surface area contributed by atoms with Crippen molar-refractivity contribution in [3.05, 3.63) is 53.6 Å². The first-order chi connectivity index (χ1) is 12.3. The molecule has 0 aliphatic rings. The SMILES string of the molecule is COc1ccccc1OCCNC(=O)c1ccc(C)c(NS(C)(=O)=O)c1. The van der Waals surface area contributed by atoms with E-state index in [1.54, 1.807) is 38.3 Å². The van der Waals surface area contributed by atoms with Crippen molar-refractivity contribution in [2.75, 3.05) is 31.2 Å².